The van der Waals surface area contributed by atoms with E-state index in [2.05, 4.69) is 61.1 Å². The molecule has 2 aromatic rings. The second-order valence-electron chi connectivity index (χ2n) is 7.48. The molecule has 1 aromatic heterocycles. The first-order valence-corrected chi connectivity index (χ1v) is 10.6. The number of morpholine rings is 1. The third-order valence-electron chi connectivity index (χ3n) is 4.92. The van der Waals surface area contributed by atoms with Crippen LogP contribution in [0.1, 0.15) is 35.3 Å². The van der Waals surface area contributed by atoms with Crippen molar-refractivity contribution in [2.45, 2.75) is 49.8 Å². The van der Waals surface area contributed by atoms with Crippen LogP contribution in [0.5, 0.6) is 0 Å². The molecule has 0 spiro atoms. The Morgan fingerprint density at radius 2 is 1.96 bits per heavy atom. The SMILES string of the molecule is Cc1ccc(Sc2ncccc2C(=O)NCCN2CC(C)OC(C)C2)cc1C. The van der Waals surface area contributed by atoms with Crippen LogP contribution in [0.25, 0.3) is 0 Å². The monoisotopic (exact) mass is 399 g/mol. The second-order valence-corrected chi connectivity index (χ2v) is 8.54. The van der Waals surface area contributed by atoms with Crippen LogP contribution in [-0.2, 0) is 4.74 Å². The maximum Gasteiger partial charge on any atom is 0.254 e. The zero-order valence-electron chi connectivity index (χ0n) is 17.1. The van der Waals surface area contributed by atoms with Crippen molar-refractivity contribution in [1.82, 2.24) is 15.2 Å². The van der Waals surface area contributed by atoms with E-state index in [0.29, 0.717) is 12.1 Å². The predicted octanol–water partition coefficient (Wildman–Crippen LogP) is 3.69. The lowest BCUT2D eigenvalue weighted by atomic mass is 10.1. The van der Waals surface area contributed by atoms with Crippen molar-refractivity contribution < 1.29 is 9.53 Å². The van der Waals surface area contributed by atoms with Gasteiger partial charge in [-0.1, -0.05) is 17.8 Å². The van der Waals surface area contributed by atoms with Gasteiger partial charge >= 0.3 is 0 Å². The van der Waals surface area contributed by atoms with Gasteiger partial charge in [-0.05, 0) is 63.1 Å². The molecule has 1 aromatic carbocycles. The number of carbonyl (C=O) groups excluding carboxylic acids is 1. The van der Waals surface area contributed by atoms with Crippen LogP contribution in [0.3, 0.4) is 0 Å². The van der Waals surface area contributed by atoms with Crippen LogP contribution in [0.2, 0.25) is 0 Å². The molecule has 1 N–H and O–H groups in total. The number of nitrogens with one attached hydrogen (secondary N) is 1. The lowest BCUT2D eigenvalue weighted by Gasteiger charge is -2.35. The fourth-order valence-corrected chi connectivity index (χ4v) is 4.40. The van der Waals surface area contributed by atoms with Gasteiger partial charge in [0.15, 0.2) is 0 Å². The minimum Gasteiger partial charge on any atom is -0.373 e. The molecule has 0 radical (unpaired) electrons. The van der Waals surface area contributed by atoms with Gasteiger partial charge in [-0.2, -0.15) is 0 Å². The summed E-state index contributed by atoms with van der Waals surface area (Å²) < 4.78 is 5.76. The first kappa shape index (κ1) is 20.8. The van der Waals surface area contributed by atoms with Crippen LogP contribution in [0, 0.1) is 13.8 Å². The Bertz CT molecular complexity index is 817. The van der Waals surface area contributed by atoms with Gasteiger partial charge in [0, 0.05) is 37.3 Å². The molecule has 0 aliphatic carbocycles. The van der Waals surface area contributed by atoms with Crippen molar-refractivity contribution in [3.63, 3.8) is 0 Å². The van der Waals surface area contributed by atoms with Crippen LogP contribution in [-0.4, -0.2) is 54.2 Å². The van der Waals surface area contributed by atoms with E-state index >= 15 is 0 Å². The summed E-state index contributed by atoms with van der Waals surface area (Å²) in [6.07, 6.45) is 2.20. The van der Waals surface area contributed by atoms with E-state index in [-0.39, 0.29) is 18.1 Å². The number of aryl methyl sites for hydroxylation is 2. The van der Waals surface area contributed by atoms with Crippen molar-refractivity contribution >= 4 is 17.7 Å². The van der Waals surface area contributed by atoms with E-state index in [9.17, 15) is 4.79 Å². The number of benzene rings is 1. The summed E-state index contributed by atoms with van der Waals surface area (Å²) in [5.41, 5.74) is 3.12. The molecule has 28 heavy (non-hydrogen) atoms. The molecular weight excluding hydrogens is 370 g/mol. The Labute approximate surface area is 171 Å². The van der Waals surface area contributed by atoms with E-state index in [0.717, 1.165) is 29.6 Å². The summed E-state index contributed by atoms with van der Waals surface area (Å²) in [7, 11) is 0. The molecule has 2 heterocycles. The van der Waals surface area contributed by atoms with Crippen LogP contribution < -0.4 is 5.32 Å². The van der Waals surface area contributed by atoms with Gasteiger partial charge in [-0.25, -0.2) is 4.98 Å². The van der Waals surface area contributed by atoms with E-state index in [1.54, 1.807) is 6.20 Å². The first-order valence-electron chi connectivity index (χ1n) is 9.78. The fraction of sp³-hybridized carbons (Fsp3) is 0.455. The Balaban J connectivity index is 1.60. The smallest absolute Gasteiger partial charge is 0.254 e. The molecule has 0 saturated carbocycles. The highest BCUT2D eigenvalue weighted by atomic mass is 32.2. The van der Waals surface area contributed by atoms with Crippen LogP contribution in [0.15, 0.2) is 46.5 Å². The van der Waals surface area contributed by atoms with Crippen LogP contribution in [0.4, 0.5) is 0 Å². The van der Waals surface area contributed by atoms with Gasteiger partial charge in [-0.15, -0.1) is 0 Å². The highest BCUT2D eigenvalue weighted by Crippen LogP contribution is 2.29. The Morgan fingerprint density at radius 3 is 2.68 bits per heavy atom. The number of carbonyl (C=O) groups is 1. The first-order chi connectivity index (χ1) is 13.4. The van der Waals surface area contributed by atoms with Crippen LogP contribution >= 0.6 is 11.8 Å². The third-order valence-corrected chi connectivity index (χ3v) is 5.93. The van der Waals surface area contributed by atoms with Crippen molar-refractivity contribution in [2.24, 2.45) is 0 Å². The highest BCUT2D eigenvalue weighted by Gasteiger charge is 2.22. The van der Waals surface area contributed by atoms with Gasteiger partial charge in [-0.3, -0.25) is 9.69 Å². The standard InChI is InChI=1S/C22H29N3O2S/c1-15-7-8-19(12-16(15)2)28-22-20(6-5-9-24-22)21(26)23-10-11-25-13-17(3)27-18(4)14-25/h5-9,12,17-18H,10-11,13-14H2,1-4H3,(H,23,26). The number of amides is 1. The Morgan fingerprint density at radius 1 is 1.21 bits per heavy atom. The summed E-state index contributed by atoms with van der Waals surface area (Å²) in [5.74, 6) is -0.0752. The quantitative estimate of drug-likeness (QED) is 0.803. The molecular formula is C22H29N3O2S. The number of pyridine rings is 1. The number of hydrogen-bond donors (Lipinski definition) is 1. The molecule has 1 amide bonds. The number of rotatable bonds is 6. The van der Waals surface area contributed by atoms with Gasteiger partial charge < -0.3 is 10.1 Å². The van der Waals surface area contributed by atoms with Gasteiger partial charge in [0.1, 0.15) is 5.03 Å². The zero-order valence-corrected chi connectivity index (χ0v) is 17.9. The molecule has 0 bridgehead atoms. The Kier molecular flexibility index (Phi) is 7.10. The van der Waals surface area contributed by atoms with Gasteiger partial charge in [0.2, 0.25) is 0 Å². The van der Waals surface area contributed by atoms with E-state index in [4.69, 9.17) is 4.74 Å². The lowest BCUT2D eigenvalue weighted by molar-refractivity contribution is -0.0672. The van der Waals surface area contributed by atoms with Crippen molar-refractivity contribution in [1.29, 1.82) is 0 Å². The number of hydrogen-bond acceptors (Lipinski definition) is 5. The maximum absolute atomic E-state index is 12.7. The lowest BCUT2D eigenvalue weighted by Crippen LogP contribution is -2.47. The topological polar surface area (TPSA) is 54.5 Å². The van der Waals surface area contributed by atoms with E-state index < -0.39 is 0 Å². The molecule has 6 heteroatoms. The minimum atomic E-state index is -0.0752. The van der Waals surface area contributed by atoms with Gasteiger partial charge in [0.05, 0.1) is 17.8 Å². The fourth-order valence-electron chi connectivity index (χ4n) is 3.42. The number of nitrogens with zero attached hydrogens (tertiary/aromatic N) is 2. The number of aromatic nitrogens is 1. The summed E-state index contributed by atoms with van der Waals surface area (Å²) in [6, 6.07) is 9.96. The minimum absolute atomic E-state index is 0.0752. The summed E-state index contributed by atoms with van der Waals surface area (Å²) in [6.45, 7) is 11.6. The average molecular weight is 400 g/mol. The Hall–Kier alpha value is -1.89. The van der Waals surface area contributed by atoms with E-state index in [1.807, 2.05) is 12.1 Å². The average Bonchev–Trinajstić information content (AvgIpc) is 2.64. The van der Waals surface area contributed by atoms with Crippen molar-refractivity contribution in [3.05, 3.63) is 53.2 Å². The molecule has 150 valence electrons. The molecule has 1 aliphatic heterocycles. The number of ether oxygens (including phenoxy) is 1. The second kappa shape index (κ2) is 9.54. The summed E-state index contributed by atoms with van der Waals surface area (Å²) in [5, 5.41) is 3.78. The van der Waals surface area contributed by atoms with Crippen molar-refractivity contribution in [3.8, 4) is 0 Å². The molecule has 3 rings (SSSR count). The third kappa shape index (κ3) is 5.56. The predicted molar refractivity (Wildman–Crippen MR) is 113 cm³/mol. The maximum atomic E-state index is 12.7. The molecule has 5 nitrogen and oxygen atoms in total. The zero-order chi connectivity index (χ0) is 20.1. The molecule has 2 unspecified atom stereocenters. The highest BCUT2D eigenvalue weighted by molar-refractivity contribution is 7.99. The largest absolute Gasteiger partial charge is 0.373 e. The normalized spacial score (nSPS) is 20.1. The summed E-state index contributed by atoms with van der Waals surface area (Å²) >= 11 is 1.53. The van der Waals surface area contributed by atoms with E-state index in [1.165, 1.54) is 22.9 Å². The van der Waals surface area contributed by atoms with Crippen molar-refractivity contribution in [2.75, 3.05) is 26.2 Å². The molecule has 1 aliphatic rings. The summed E-state index contributed by atoms with van der Waals surface area (Å²) in [4.78, 5) is 20.6. The molecule has 1 saturated heterocycles. The van der Waals surface area contributed by atoms with Gasteiger partial charge in [0.25, 0.3) is 5.91 Å². The molecule has 1 fully saturated rings. The molecule has 2 atom stereocenters.